The maximum atomic E-state index is 11.6. The first-order valence-electron chi connectivity index (χ1n) is 13.4. The van der Waals surface area contributed by atoms with Crippen molar-refractivity contribution in [1.82, 2.24) is 29.6 Å². The first-order valence-corrected chi connectivity index (χ1v) is 13.4. The van der Waals surface area contributed by atoms with Gasteiger partial charge in [-0.1, -0.05) is 25.1 Å². The Morgan fingerprint density at radius 3 is 2.62 bits per heavy atom. The van der Waals surface area contributed by atoms with E-state index in [9.17, 15) is 4.79 Å². The molecule has 1 aliphatic carbocycles. The zero-order valence-electron chi connectivity index (χ0n) is 21.5. The number of benzene rings is 1. The number of hydrogen-bond donors (Lipinski definition) is 2. The molecule has 6 rings (SSSR count). The van der Waals surface area contributed by atoms with Crippen LogP contribution in [0.2, 0.25) is 0 Å². The Kier molecular flexibility index (Phi) is 6.14. The SMILES string of the molecule is CCC(C)n1ncc2nc(C3CCN(C(N)=O)CC3)nc(N[C@@H](c3cnc4ccccc4c3)C3CC3)c21. The number of amides is 2. The van der Waals surface area contributed by atoms with Gasteiger partial charge in [0.25, 0.3) is 0 Å². The minimum Gasteiger partial charge on any atom is -0.361 e. The fourth-order valence-corrected chi connectivity index (χ4v) is 5.44. The highest BCUT2D eigenvalue weighted by atomic mass is 16.2. The Hall–Kier alpha value is -3.75. The minimum atomic E-state index is -0.358. The smallest absolute Gasteiger partial charge is 0.314 e. The molecule has 0 bridgehead atoms. The molecule has 2 atom stereocenters. The molecule has 1 unspecified atom stereocenters. The fraction of sp³-hybridized carbons (Fsp3) is 0.464. The molecule has 1 saturated carbocycles. The highest BCUT2D eigenvalue weighted by molar-refractivity contribution is 5.86. The highest BCUT2D eigenvalue weighted by Crippen LogP contribution is 2.44. The fourth-order valence-electron chi connectivity index (χ4n) is 5.44. The first-order chi connectivity index (χ1) is 18.0. The van der Waals surface area contributed by atoms with Crippen LogP contribution in [0.3, 0.4) is 0 Å². The highest BCUT2D eigenvalue weighted by Gasteiger charge is 2.34. The number of carbonyl (C=O) groups excluding carboxylic acids is 1. The molecule has 0 radical (unpaired) electrons. The molecule has 3 N–H and O–H groups in total. The van der Waals surface area contributed by atoms with Crippen LogP contribution in [0.25, 0.3) is 21.9 Å². The second kappa shape index (κ2) is 9.61. The molecule has 3 aromatic heterocycles. The quantitative estimate of drug-likeness (QED) is 0.363. The Bertz CT molecular complexity index is 1440. The second-order valence-electron chi connectivity index (χ2n) is 10.5. The van der Waals surface area contributed by atoms with Crippen molar-refractivity contribution in [2.24, 2.45) is 11.7 Å². The van der Waals surface area contributed by atoms with Gasteiger partial charge in [-0.25, -0.2) is 14.8 Å². The van der Waals surface area contributed by atoms with Gasteiger partial charge in [-0.3, -0.25) is 9.67 Å². The molecule has 1 aromatic carbocycles. The van der Waals surface area contributed by atoms with Gasteiger partial charge in [0.05, 0.1) is 17.8 Å². The predicted octanol–water partition coefficient (Wildman–Crippen LogP) is 5.17. The first kappa shape index (κ1) is 23.6. The van der Waals surface area contributed by atoms with Gasteiger partial charge in [0, 0.05) is 36.6 Å². The number of pyridine rings is 1. The van der Waals surface area contributed by atoms with Crippen molar-refractivity contribution < 1.29 is 4.79 Å². The minimum absolute atomic E-state index is 0.111. The molecule has 4 aromatic rings. The van der Waals surface area contributed by atoms with E-state index in [1.54, 1.807) is 4.90 Å². The van der Waals surface area contributed by atoms with E-state index in [-0.39, 0.29) is 24.0 Å². The monoisotopic (exact) mass is 498 g/mol. The summed E-state index contributed by atoms with van der Waals surface area (Å²) in [5.74, 6) is 2.36. The van der Waals surface area contributed by atoms with Crippen LogP contribution in [0.15, 0.2) is 42.7 Å². The number of nitrogens with zero attached hydrogens (tertiary/aromatic N) is 6. The van der Waals surface area contributed by atoms with Crippen LogP contribution in [-0.2, 0) is 0 Å². The summed E-state index contributed by atoms with van der Waals surface area (Å²) in [6.07, 6.45) is 8.79. The van der Waals surface area contributed by atoms with Crippen molar-refractivity contribution in [3.05, 3.63) is 54.1 Å². The van der Waals surface area contributed by atoms with Crippen molar-refractivity contribution in [2.45, 2.75) is 64.0 Å². The predicted molar refractivity (Wildman–Crippen MR) is 144 cm³/mol. The van der Waals surface area contributed by atoms with Crippen molar-refractivity contribution in [3.8, 4) is 0 Å². The summed E-state index contributed by atoms with van der Waals surface area (Å²) in [4.78, 5) is 28.2. The van der Waals surface area contributed by atoms with Crippen molar-refractivity contribution >= 4 is 33.8 Å². The number of hydrogen-bond acceptors (Lipinski definition) is 6. The van der Waals surface area contributed by atoms with E-state index >= 15 is 0 Å². The number of nitrogens with two attached hydrogens (primary N) is 1. The number of piperidine rings is 1. The Morgan fingerprint density at radius 2 is 1.89 bits per heavy atom. The molecule has 0 spiro atoms. The topological polar surface area (TPSA) is 115 Å². The van der Waals surface area contributed by atoms with Crippen LogP contribution in [-0.4, -0.2) is 48.8 Å². The number of urea groups is 1. The van der Waals surface area contributed by atoms with Gasteiger partial charge in [0.15, 0.2) is 5.82 Å². The number of rotatable bonds is 7. The average Bonchev–Trinajstić information content (AvgIpc) is 3.68. The van der Waals surface area contributed by atoms with E-state index < -0.39 is 0 Å². The Balaban J connectivity index is 1.40. The van der Waals surface area contributed by atoms with Crippen LogP contribution < -0.4 is 11.1 Å². The number of carbonyl (C=O) groups is 1. The number of para-hydroxylation sites is 1. The molecule has 192 valence electrons. The van der Waals surface area contributed by atoms with E-state index in [4.69, 9.17) is 25.8 Å². The molecule has 2 aliphatic rings. The summed E-state index contributed by atoms with van der Waals surface area (Å²) in [5.41, 5.74) is 9.50. The standard InChI is InChI=1S/C28H34N8O/c1-3-17(2)36-25-23(16-31-36)32-26(19-10-12-35(13-11-19)28(29)37)34-27(25)33-24(18-8-9-18)21-14-20-6-4-5-7-22(20)30-15-21/h4-7,14-19,24H,3,8-13H2,1-2H3,(H2,29,37)(H,32,33,34)/t17?,24-/m1/s1. The lowest BCUT2D eigenvalue weighted by atomic mass is 9.96. The molecule has 2 amide bonds. The van der Waals surface area contributed by atoms with Crippen molar-refractivity contribution in [2.75, 3.05) is 18.4 Å². The summed E-state index contributed by atoms with van der Waals surface area (Å²) in [7, 11) is 0. The number of nitrogens with one attached hydrogen (secondary N) is 1. The summed E-state index contributed by atoms with van der Waals surface area (Å²) in [6.45, 7) is 5.60. The van der Waals surface area contributed by atoms with Crippen LogP contribution in [0.1, 0.15) is 75.3 Å². The van der Waals surface area contributed by atoms with Gasteiger partial charge in [-0.2, -0.15) is 5.10 Å². The summed E-state index contributed by atoms with van der Waals surface area (Å²) < 4.78 is 2.06. The lowest BCUT2D eigenvalue weighted by Crippen LogP contribution is -2.41. The Morgan fingerprint density at radius 1 is 1.11 bits per heavy atom. The number of likely N-dealkylation sites (tertiary alicyclic amines) is 1. The van der Waals surface area contributed by atoms with Crippen molar-refractivity contribution in [3.63, 3.8) is 0 Å². The molecule has 9 heteroatoms. The zero-order chi connectivity index (χ0) is 25.5. The molecule has 37 heavy (non-hydrogen) atoms. The number of primary amides is 1. The lowest BCUT2D eigenvalue weighted by Gasteiger charge is -2.30. The van der Waals surface area contributed by atoms with Gasteiger partial charge in [0.2, 0.25) is 0 Å². The molecular weight excluding hydrogens is 464 g/mol. The van der Waals surface area contributed by atoms with E-state index in [2.05, 4.69) is 42.0 Å². The van der Waals surface area contributed by atoms with Gasteiger partial charge in [-0.15, -0.1) is 0 Å². The maximum absolute atomic E-state index is 11.6. The van der Waals surface area contributed by atoms with Crippen LogP contribution in [0, 0.1) is 5.92 Å². The molecule has 4 heterocycles. The van der Waals surface area contributed by atoms with Crippen LogP contribution in [0.5, 0.6) is 0 Å². The van der Waals surface area contributed by atoms with Gasteiger partial charge < -0.3 is 16.0 Å². The van der Waals surface area contributed by atoms with E-state index in [0.717, 1.165) is 52.8 Å². The average molecular weight is 499 g/mol. The molecule has 1 saturated heterocycles. The molecule has 1 aliphatic heterocycles. The maximum Gasteiger partial charge on any atom is 0.314 e. The van der Waals surface area contributed by atoms with Gasteiger partial charge in [0.1, 0.15) is 16.9 Å². The van der Waals surface area contributed by atoms with Gasteiger partial charge in [-0.05, 0) is 62.6 Å². The van der Waals surface area contributed by atoms with E-state index in [0.29, 0.717) is 19.0 Å². The third-order valence-electron chi connectivity index (χ3n) is 8.00. The third kappa shape index (κ3) is 4.58. The molecular formula is C28H34N8O. The van der Waals surface area contributed by atoms with Gasteiger partial charge >= 0.3 is 6.03 Å². The molecule has 2 fully saturated rings. The summed E-state index contributed by atoms with van der Waals surface area (Å²) >= 11 is 0. The molecule has 9 nitrogen and oxygen atoms in total. The van der Waals surface area contributed by atoms with Crippen LogP contribution >= 0.6 is 0 Å². The summed E-state index contributed by atoms with van der Waals surface area (Å²) in [5, 5.41) is 9.71. The second-order valence-corrected chi connectivity index (χ2v) is 10.5. The van der Waals surface area contributed by atoms with Crippen LogP contribution in [0.4, 0.5) is 10.6 Å². The number of anilines is 1. The number of fused-ring (bicyclic) bond motifs is 2. The van der Waals surface area contributed by atoms with E-state index in [1.165, 1.54) is 18.4 Å². The largest absolute Gasteiger partial charge is 0.361 e. The van der Waals surface area contributed by atoms with E-state index in [1.807, 2.05) is 24.5 Å². The normalized spacial score (nSPS) is 18.3. The third-order valence-corrected chi connectivity index (χ3v) is 8.00. The van der Waals surface area contributed by atoms with Crippen molar-refractivity contribution in [1.29, 1.82) is 0 Å². The zero-order valence-corrected chi connectivity index (χ0v) is 21.5. The lowest BCUT2D eigenvalue weighted by molar-refractivity contribution is 0.189. The number of aromatic nitrogens is 5. The Labute approximate surface area is 216 Å². The summed E-state index contributed by atoms with van der Waals surface area (Å²) in [6, 6.07) is 10.5.